The number of halogens is 1. The lowest BCUT2D eigenvalue weighted by Gasteiger charge is -2.38. The van der Waals surface area contributed by atoms with Crippen molar-refractivity contribution in [1.29, 1.82) is 0 Å². The van der Waals surface area contributed by atoms with E-state index in [1.165, 1.54) is 44.6 Å². The first-order chi connectivity index (χ1) is 13.5. The topological polar surface area (TPSA) is 21.8 Å². The maximum atomic E-state index is 3.41. The fraction of sp³-hybridized carbons (Fsp3) is 0.760. The SMILES string of the molecule is CN(C)C(C)(C)C1CCN(Cc2ccccc2)C1.CN(C)C(C)(C)C1CCNC1.Cl. The average Bonchev–Trinajstić information content (AvgIpc) is 3.35. The molecule has 2 aliphatic heterocycles. The summed E-state index contributed by atoms with van der Waals surface area (Å²) in [6, 6.07) is 10.8. The average molecular weight is 439 g/mol. The second-order valence-corrected chi connectivity index (χ2v) is 10.5. The van der Waals surface area contributed by atoms with Gasteiger partial charge in [0, 0.05) is 24.2 Å². The zero-order valence-corrected chi connectivity index (χ0v) is 21.6. The Hall–Kier alpha value is -0.650. The third-order valence-electron chi connectivity index (χ3n) is 7.89. The molecule has 3 rings (SSSR count). The van der Waals surface area contributed by atoms with E-state index < -0.39 is 0 Å². The van der Waals surface area contributed by atoms with Crippen LogP contribution in [0.3, 0.4) is 0 Å². The van der Waals surface area contributed by atoms with Gasteiger partial charge >= 0.3 is 0 Å². The first-order valence-electron chi connectivity index (χ1n) is 11.4. The smallest absolute Gasteiger partial charge is 0.0233 e. The Bertz CT molecular complexity index is 594. The molecule has 5 heteroatoms. The molecule has 2 unspecified atom stereocenters. The van der Waals surface area contributed by atoms with Crippen molar-refractivity contribution < 1.29 is 0 Å². The van der Waals surface area contributed by atoms with Gasteiger partial charge in [-0.1, -0.05) is 30.3 Å². The number of hydrogen-bond acceptors (Lipinski definition) is 4. The first-order valence-corrected chi connectivity index (χ1v) is 11.4. The van der Waals surface area contributed by atoms with Crippen molar-refractivity contribution in [1.82, 2.24) is 20.0 Å². The zero-order valence-electron chi connectivity index (χ0n) is 20.7. The van der Waals surface area contributed by atoms with Crippen LogP contribution in [-0.2, 0) is 6.54 Å². The molecule has 0 saturated carbocycles. The van der Waals surface area contributed by atoms with Crippen LogP contribution in [0.15, 0.2) is 30.3 Å². The number of rotatable bonds is 6. The van der Waals surface area contributed by atoms with Crippen LogP contribution in [0.25, 0.3) is 0 Å². The molecule has 0 aromatic heterocycles. The van der Waals surface area contributed by atoms with E-state index in [1.54, 1.807) is 0 Å². The van der Waals surface area contributed by atoms with Crippen LogP contribution >= 0.6 is 12.4 Å². The number of nitrogens with one attached hydrogen (secondary N) is 1. The maximum absolute atomic E-state index is 3.41. The van der Waals surface area contributed by atoms with E-state index in [-0.39, 0.29) is 12.4 Å². The monoisotopic (exact) mass is 438 g/mol. The van der Waals surface area contributed by atoms with Gasteiger partial charge in [-0.15, -0.1) is 12.4 Å². The van der Waals surface area contributed by atoms with Gasteiger partial charge in [0.25, 0.3) is 0 Å². The Labute approximate surface area is 192 Å². The number of hydrogen-bond donors (Lipinski definition) is 1. The van der Waals surface area contributed by atoms with Crippen molar-refractivity contribution in [3.8, 4) is 0 Å². The maximum Gasteiger partial charge on any atom is 0.0233 e. The molecule has 174 valence electrons. The molecule has 30 heavy (non-hydrogen) atoms. The van der Waals surface area contributed by atoms with Crippen molar-refractivity contribution in [2.75, 3.05) is 54.4 Å². The minimum absolute atomic E-state index is 0. The largest absolute Gasteiger partial charge is 0.316 e. The van der Waals surface area contributed by atoms with E-state index in [0.717, 1.165) is 18.4 Å². The third-order valence-corrected chi connectivity index (χ3v) is 7.89. The predicted molar refractivity (Wildman–Crippen MR) is 134 cm³/mol. The van der Waals surface area contributed by atoms with E-state index in [4.69, 9.17) is 0 Å². The van der Waals surface area contributed by atoms with Crippen LogP contribution in [-0.4, -0.2) is 80.1 Å². The van der Waals surface area contributed by atoms with Crippen LogP contribution in [0.2, 0.25) is 0 Å². The highest BCUT2D eigenvalue weighted by atomic mass is 35.5. The molecular formula is C25H47ClN4. The van der Waals surface area contributed by atoms with Crippen molar-refractivity contribution in [3.63, 3.8) is 0 Å². The normalized spacial score (nSPS) is 22.7. The first kappa shape index (κ1) is 27.4. The van der Waals surface area contributed by atoms with Gasteiger partial charge in [0.1, 0.15) is 0 Å². The van der Waals surface area contributed by atoms with Crippen LogP contribution in [0.1, 0.15) is 46.1 Å². The summed E-state index contributed by atoms with van der Waals surface area (Å²) in [4.78, 5) is 7.28. The fourth-order valence-electron chi connectivity index (χ4n) is 4.38. The van der Waals surface area contributed by atoms with Gasteiger partial charge in [0.15, 0.2) is 0 Å². The van der Waals surface area contributed by atoms with Crippen LogP contribution in [0.5, 0.6) is 0 Å². The van der Waals surface area contributed by atoms with Crippen LogP contribution < -0.4 is 5.32 Å². The van der Waals surface area contributed by atoms with Gasteiger partial charge in [0.05, 0.1) is 0 Å². The molecule has 0 spiro atoms. The van der Waals surface area contributed by atoms with Crippen LogP contribution in [0.4, 0.5) is 0 Å². The Morgan fingerprint density at radius 3 is 1.97 bits per heavy atom. The highest BCUT2D eigenvalue weighted by Crippen LogP contribution is 2.31. The zero-order chi connectivity index (χ0) is 21.7. The predicted octanol–water partition coefficient (Wildman–Crippen LogP) is 4.21. The molecule has 2 aliphatic rings. The molecule has 0 radical (unpaired) electrons. The van der Waals surface area contributed by atoms with E-state index in [9.17, 15) is 0 Å². The van der Waals surface area contributed by atoms with E-state index in [1.807, 2.05) is 0 Å². The van der Waals surface area contributed by atoms with E-state index >= 15 is 0 Å². The number of nitrogens with zero attached hydrogens (tertiary/aromatic N) is 3. The molecule has 4 nitrogen and oxygen atoms in total. The molecule has 1 N–H and O–H groups in total. The molecule has 1 aromatic rings. The summed E-state index contributed by atoms with van der Waals surface area (Å²) in [5, 5.41) is 3.41. The van der Waals surface area contributed by atoms with Crippen molar-refractivity contribution in [3.05, 3.63) is 35.9 Å². The summed E-state index contributed by atoms with van der Waals surface area (Å²) in [7, 11) is 8.72. The Balaban J connectivity index is 0.000000324. The molecule has 2 fully saturated rings. The number of likely N-dealkylation sites (tertiary alicyclic amines) is 1. The van der Waals surface area contributed by atoms with Gasteiger partial charge in [0.2, 0.25) is 0 Å². The minimum Gasteiger partial charge on any atom is -0.316 e. The van der Waals surface area contributed by atoms with Crippen molar-refractivity contribution >= 4 is 12.4 Å². The Kier molecular flexibility index (Phi) is 10.8. The summed E-state index contributed by atoms with van der Waals surface area (Å²) >= 11 is 0. The van der Waals surface area contributed by atoms with Gasteiger partial charge in [-0.2, -0.15) is 0 Å². The molecule has 0 aliphatic carbocycles. The highest BCUT2D eigenvalue weighted by molar-refractivity contribution is 5.85. The summed E-state index contributed by atoms with van der Waals surface area (Å²) < 4.78 is 0. The standard InChI is InChI=1S/C16H26N2.C9H20N2.ClH/c1-16(2,17(3)4)15-10-11-18(13-15)12-14-8-6-5-7-9-14;1-9(2,11(3)4)8-5-6-10-7-8;/h5-9,15H,10-13H2,1-4H3;8,10H,5-7H2,1-4H3;1H. The number of benzene rings is 1. The van der Waals surface area contributed by atoms with Gasteiger partial charge in [-0.05, 0) is 106 Å². The summed E-state index contributed by atoms with van der Waals surface area (Å²) in [5.74, 6) is 1.59. The summed E-state index contributed by atoms with van der Waals surface area (Å²) in [5.41, 5.74) is 2.08. The van der Waals surface area contributed by atoms with E-state index in [2.05, 4.69) is 106 Å². The lowest BCUT2D eigenvalue weighted by Crippen LogP contribution is -2.46. The molecule has 2 saturated heterocycles. The molecule has 2 heterocycles. The highest BCUT2D eigenvalue weighted by Gasteiger charge is 2.36. The lowest BCUT2D eigenvalue weighted by atomic mass is 9.86. The van der Waals surface area contributed by atoms with E-state index in [0.29, 0.717) is 11.1 Å². The lowest BCUT2D eigenvalue weighted by molar-refractivity contribution is 0.117. The minimum atomic E-state index is 0. The molecule has 1 aromatic carbocycles. The fourth-order valence-corrected chi connectivity index (χ4v) is 4.38. The molecular weight excluding hydrogens is 392 g/mol. The van der Waals surface area contributed by atoms with Gasteiger partial charge in [-0.3, -0.25) is 4.90 Å². The summed E-state index contributed by atoms with van der Waals surface area (Å²) in [6.07, 6.45) is 2.64. The molecule has 0 amide bonds. The van der Waals surface area contributed by atoms with Gasteiger partial charge in [-0.25, -0.2) is 0 Å². The third kappa shape index (κ3) is 7.20. The second kappa shape index (κ2) is 11.8. The second-order valence-electron chi connectivity index (χ2n) is 10.5. The summed E-state index contributed by atoms with van der Waals surface area (Å²) in [6.45, 7) is 15.3. The van der Waals surface area contributed by atoms with Crippen LogP contribution in [0, 0.1) is 11.8 Å². The molecule has 0 bridgehead atoms. The van der Waals surface area contributed by atoms with Gasteiger partial charge < -0.3 is 15.1 Å². The van der Waals surface area contributed by atoms with Crippen molar-refractivity contribution in [2.24, 2.45) is 11.8 Å². The Morgan fingerprint density at radius 2 is 1.47 bits per heavy atom. The molecule has 2 atom stereocenters. The van der Waals surface area contributed by atoms with Crippen molar-refractivity contribution in [2.45, 2.75) is 58.2 Å². The quantitative estimate of drug-likeness (QED) is 0.718. The Morgan fingerprint density at radius 1 is 0.900 bits per heavy atom.